The van der Waals surface area contributed by atoms with Gasteiger partial charge in [-0.1, -0.05) is 6.07 Å². The quantitative estimate of drug-likeness (QED) is 0.883. The molecule has 1 heterocycles. The first kappa shape index (κ1) is 17.0. The molecule has 0 spiro atoms. The number of hydrogen-bond donors (Lipinski definition) is 1. The second kappa shape index (κ2) is 7.36. The Bertz CT molecular complexity index is 680. The molecule has 3 rings (SSSR count). The normalized spacial score (nSPS) is 18.5. The van der Waals surface area contributed by atoms with E-state index in [-0.39, 0.29) is 0 Å². The molecule has 0 bridgehead atoms. The van der Waals surface area contributed by atoms with Gasteiger partial charge in [0.25, 0.3) is 0 Å². The molecule has 0 radical (unpaired) electrons. The average molecular weight is 328 g/mol. The Labute approximate surface area is 144 Å². The van der Waals surface area contributed by atoms with E-state index in [0.717, 1.165) is 25.1 Å². The molecule has 0 saturated carbocycles. The van der Waals surface area contributed by atoms with E-state index in [2.05, 4.69) is 53.8 Å². The monoisotopic (exact) mass is 328 g/mol. The van der Waals surface area contributed by atoms with Crippen molar-refractivity contribution >= 4 is 0 Å². The third kappa shape index (κ3) is 3.79. The van der Waals surface area contributed by atoms with Crippen LogP contribution in [0.3, 0.4) is 0 Å². The standard InChI is InChI=1S/C19H28N4O/c1-22(2)19(16-11-21-23(3)13-16)12-20-17-7-5-14-6-8-18(24-4)10-15(14)9-17/h6,8,10-11,13,17,19-20H,5,7,9,12H2,1-4H3/t17-,19-/m1/s1. The molecule has 0 aliphatic heterocycles. The number of methoxy groups -OCH3 is 1. The highest BCUT2D eigenvalue weighted by Crippen LogP contribution is 2.26. The molecule has 1 aromatic heterocycles. The molecule has 1 N–H and O–H groups in total. The van der Waals surface area contributed by atoms with Crippen molar-refractivity contribution in [2.24, 2.45) is 7.05 Å². The Kier molecular flexibility index (Phi) is 5.21. The summed E-state index contributed by atoms with van der Waals surface area (Å²) in [7, 11) is 7.95. The van der Waals surface area contributed by atoms with E-state index < -0.39 is 0 Å². The lowest BCUT2D eigenvalue weighted by molar-refractivity contribution is 0.274. The molecule has 1 aliphatic carbocycles. The number of ether oxygens (including phenoxy) is 1. The summed E-state index contributed by atoms with van der Waals surface area (Å²) in [5.41, 5.74) is 4.14. The molecular weight excluding hydrogens is 300 g/mol. The summed E-state index contributed by atoms with van der Waals surface area (Å²) in [6, 6.07) is 7.32. The van der Waals surface area contributed by atoms with E-state index in [1.54, 1.807) is 7.11 Å². The van der Waals surface area contributed by atoms with Gasteiger partial charge in [-0.15, -0.1) is 0 Å². The smallest absolute Gasteiger partial charge is 0.119 e. The van der Waals surface area contributed by atoms with Gasteiger partial charge < -0.3 is 15.0 Å². The molecule has 0 unspecified atom stereocenters. The molecule has 1 aliphatic rings. The van der Waals surface area contributed by atoms with Crippen LogP contribution in [-0.4, -0.2) is 48.5 Å². The number of rotatable bonds is 6. The predicted molar refractivity (Wildman–Crippen MR) is 96.4 cm³/mol. The number of aryl methyl sites for hydroxylation is 2. The van der Waals surface area contributed by atoms with Gasteiger partial charge in [0.05, 0.1) is 13.3 Å². The van der Waals surface area contributed by atoms with Crippen LogP contribution in [0.15, 0.2) is 30.6 Å². The van der Waals surface area contributed by atoms with Crippen LogP contribution in [0.1, 0.15) is 29.2 Å². The Hall–Kier alpha value is -1.85. The van der Waals surface area contributed by atoms with E-state index in [4.69, 9.17) is 4.74 Å². The van der Waals surface area contributed by atoms with Crippen molar-refractivity contribution < 1.29 is 4.74 Å². The van der Waals surface area contributed by atoms with Crippen molar-refractivity contribution in [3.05, 3.63) is 47.3 Å². The number of aromatic nitrogens is 2. The molecule has 0 saturated heterocycles. The minimum atomic E-state index is 0.338. The third-order valence-corrected chi connectivity index (χ3v) is 4.97. The molecule has 0 fully saturated rings. The van der Waals surface area contributed by atoms with Crippen LogP contribution in [0.25, 0.3) is 0 Å². The van der Waals surface area contributed by atoms with Gasteiger partial charge in [-0.3, -0.25) is 4.68 Å². The number of fused-ring (bicyclic) bond motifs is 1. The maximum absolute atomic E-state index is 5.37. The summed E-state index contributed by atoms with van der Waals surface area (Å²) in [4.78, 5) is 2.25. The van der Waals surface area contributed by atoms with Gasteiger partial charge in [-0.25, -0.2) is 0 Å². The first-order valence-electron chi connectivity index (χ1n) is 8.61. The van der Waals surface area contributed by atoms with Crippen molar-refractivity contribution in [2.45, 2.75) is 31.3 Å². The Morgan fingerprint density at radius 1 is 1.38 bits per heavy atom. The molecule has 24 heavy (non-hydrogen) atoms. The zero-order valence-electron chi connectivity index (χ0n) is 15.1. The Morgan fingerprint density at radius 2 is 2.21 bits per heavy atom. The highest BCUT2D eigenvalue weighted by Gasteiger charge is 2.22. The Balaban J connectivity index is 1.63. The van der Waals surface area contributed by atoms with Gasteiger partial charge >= 0.3 is 0 Å². The molecule has 130 valence electrons. The van der Waals surface area contributed by atoms with Crippen LogP contribution in [0.4, 0.5) is 0 Å². The van der Waals surface area contributed by atoms with Crippen molar-refractivity contribution in [3.63, 3.8) is 0 Å². The molecule has 0 amide bonds. The summed E-state index contributed by atoms with van der Waals surface area (Å²) in [5.74, 6) is 0.955. The second-order valence-corrected chi connectivity index (χ2v) is 6.91. The van der Waals surface area contributed by atoms with E-state index in [1.807, 2.05) is 17.9 Å². The third-order valence-electron chi connectivity index (χ3n) is 4.97. The van der Waals surface area contributed by atoms with Gasteiger partial charge in [0.15, 0.2) is 0 Å². The molecule has 1 aromatic carbocycles. The lowest BCUT2D eigenvalue weighted by Crippen LogP contribution is -2.40. The molecule has 2 atom stereocenters. The van der Waals surface area contributed by atoms with Crippen molar-refractivity contribution in [1.82, 2.24) is 20.0 Å². The minimum absolute atomic E-state index is 0.338. The van der Waals surface area contributed by atoms with Crippen LogP contribution < -0.4 is 10.1 Å². The minimum Gasteiger partial charge on any atom is -0.497 e. The fourth-order valence-corrected chi connectivity index (χ4v) is 3.52. The summed E-state index contributed by atoms with van der Waals surface area (Å²) >= 11 is 0. The van der Waals surface area contributed by atoms with Crippen LogP contribution in [-0.2, 0) is 19.9 Å². The zero-order chi connectivity index (χ0) is 17.1. The van der Waals surface area contributed by atoms with Crippen LogP contribution >= 0.6 is 0 Å². The van der Waals surface area contributed by atoms with Crippen LogP contribution in [0.5, 0.6) is 5.75 Å². The van der Waals surface area contributed by atoms with Gasteiger partial charge in [-0.2, -0.15) is 5.10 Å². The SMILES string of the molecule is COc1ccc2c(c1)C[C@H](NC[C@H](c1cnn(C)c1)N(C)C)CC2. The number of benzene rings is 1. The van der Waals surface area contributed by atoms with E-state index in [1.165, 1.54) is 23.1 Å². The van der Waals surface area contributed by atoms with Gasteiger partial charge in [-0.05, 0) is 56.6 Å². The molecule has 2 aromatic rings. The van der Waals surface area contributed by atoms with Crippen LogP contribution in [0, 0.1) is 0 Å². The lowest BCUT2D eigenvalue weighted by Gasteiger charge is -2.30. The summed E-state index contributed by atoms with van der Waals surface area (Å²) < 4.78 is 7.24. The zero-order valence-corrected chi connectivity index (χ0v) is 15.1. The van der Waals surface area contributed by atoms with Crippen molar-refractivity contribution in [1.29, 1.82) is 0 Å². The number of nitrogens with zero attached hydrogens (tertiary/aromatic N) is 3. The molecular formula is C19H28N4O. The highest BCUT2D eigenvalue weighted by molar-refractivity contribution is 5.37. The summed E-state index contributed by atoms with van der Waals surface area (Å²) in [5, 5.41) is 8.08. The van der Waals surface area contributed by atoms with E-state index in [9.17, 15) is 0 Å². The molecule has 5 heteroatoms. The average Bonchev–Trinajstić information content (AvgIpc) is 3.00. The van der Waals surface area contributed by atoms with Gasteiger partial charge in [0, 0.05) is 37.4 Å². The van der Waals surface area contributed by atoms with Gasteiger partial charge in [0.2, 0.25) is 0 Å². The maximum atomic E-state index is 5.37. The van der Waals surface area contributed by atoms with Crippen molar-refractivity contribution in [2.75, 3.05) is 27.7 Å². The first-order chi connectivity index (χ1) is 11.6. The fraction of sp³-hybridized carbons (Fsp3) is 0.526. The first-order valence-corrected chi connectivity index (χ1v) is 8.61. The van der Waals surface area contributed by atoms with E-state index in [0.29, 0.717) is 12.1 Å². The fourth-order valence-electron chi connectivity index (χ4n) is 3.52. The van der Waals surface area contributed by atoms with E-state index >= 15 is 0 Å². The van der Waals surface area contributed by atoms with Crippen LogP contribution in [0.2, 0.25) is 0 Å². The lowest BCUT2D eigenvalue weighted by atomic mass is 9.88. The summed E-state index contributed by atoms with van der Waals surface area (Å²) in [6.45, 7) is 0.933. The predicted octanol–water partition coefficient (Wildman–Crippen LogP) is 2.18. The number of nitrogens with one attached hydrogen (secondary N) is 1. The number of likely N-dealkylation sites (N-methyl/N-ethyl adjacent to an activating group) is 1. The highest BCUT2D eigenvalue weighted by atomic mass is 16.5. The largest absolute Gasteiger partial charge is 0.497 e. The van der Waals surface area contributed by atoms with Gasteiger partial charge in [0.1, 0.15) is 5.75 Å². The maximum Gasteiger partial charge on any atom is 0.119 e. The summed E-state index contributed by atoms with van der Waals surface area (Å²) in [6.07, 6.45) is 7.46. The number of hydrogen-bond acceptors (Lipinski definition) is 4. The molecule has 5 nitrogen and oxygen atoms in total. The second-order valence-electron chi connectivity index (χ2n) is 6.91. The Morgan fingerprint density at radius 3 is 2.88 bits per heavy atom. The van der Waals surface area contributed by atoms with Crippen molar-refractivity contribution in [3.8, 4) is 5.75 Å². The topological polar surface area (TPSA) is 42.3 Å².